The zero-order valence-electron chi connectivity index (χ0n) is 12.8. The minimum absolute atomic E-state index is 0.915. The van der Waals surface area contributed by atoms with Gasteiger partial charge in [0.2, 0.25) is 0 Å². The van der Waals surface area contributed by atoms with Crippen LogP contribution in [-0.2, 0) is 0 Å². The van der Waals surface area contributed by atoms with Gasteiger partial charge in [-0.3, -0.25) is 4.99 Å². The van der Waals surface area contributed by atoms with Crippen LogP contribution in [0.1, 0.15) is 11.3 Å². The van der Waals surface area contributed by atoms with Crippen LogP contribution in [0.4, 0.5) is 0 Å². The molecule has 0 atom stereocenters. The number of rotatable bonds is 0. The molecule has 0 saturated carbocycles. The highest BCUT2D eigenvalue weighted by atomic mass is 14.8. The Morgan fingerprint density at radius 2 is 1.75 bits per heavy atom. The topological polar surface area (TPSA) is 56.3 Å². The van der Waals surface area contributed by atoms with Gasteiger partial charge in [0, 0.05) is 28.8 Å². The molecule has 2 aromatic rings. The number of aromatic nitrogens is 2. The van der Waals surface area contributed by atoms with Crippen molar-refractivity contribution < 1.29 is 0 Å². The molecule has 0 aliphatic carbocycles. The Morgan fingerprint density at radius 3 is 2.71 bits per heavy atom. The van der Waals surface area contributed by atoms with E-state index in [4.69, 9.17) is 0 Å². The van der Waals surface area contributed by atoms with Crippen molar-refractivity contribution in [1.29, 1.82) is 0 Å². The molecule has 0 amide bonds. The van der Waals surface area contributed by atoms with Crippen molar-refractivity contribution in [2.45, 2.75) is 0 Å². The van der Waals surface area contributed by atoms with Crippen LogP contribution in [0.3, 0.4) is 0 Å². The summed E-state index contributed by atoms with van der Waals surface area (Å²) < 4.78 is 0. The first kappa shape index (κ1) is 13.1. The fourth-order valence-electron chi connectivity index (χ4n) is 2.97. The Kier molecular flexibility index (Phi) is 2.76. The summed E-state index contributed by atoms with van der Waals surface area (Å²) in [5.41, 5.74) is 5.99. The largest absolute Gasteiger partial charge is 0.361 e. The highest BCUT2D eigenvalue weighted by molar-refractivity contribution is 6.08. The number of aromatic amines is 2. The van der Waals surface area contributed by atoms with E-state index in [2.05, 4.69) is 56.4 Å². The normalized spacial score (nSPS) is 17.7. The van der Waals surface area contributed by atoms with Gasteiger partial charge in [-0.15, -0.1) is 0 Å². The molecule has 8 bridgehead atoms. The average molecular weight is 310 g/mol. The molecule has 114 valence electrons. The van der Waals surface area contributed by atoms with Crippen molar-refractivity contribution in [2.75, 3.05) is 0 Å². The van der Waals surface area contributed by atoms with Crippen molar-refractivity contribution in [3.63, 3.8) is 0 Å². The van der Waals surface area contributed by atoms with Gasteiger partial charge in [-0.25, -0.2) is 4.99 Å². The number of hydrogen-bond donors (Lipinski definition) is 2. The second-order valence-corrected chi connectivity index (χ2v) is 5.96. The van der Waals surface area contributed by atoms with Crippen molar-refractivity contribution >= 4 is 30.2 Å². The fraction of sp³-hybridized carbons (Fsp3) is 0. The summed E-state index contributed by atoms with van der Waals surface area (Å²) in [5.74, 6) is 0. The maximum absolute atomic E-state index is 4.62. The van der Waals surface area contributed by atoms with Gasteiger partial charge in [-0.05, 0) is 71.9 Å². The Labute approximate surface area is 138 Å². The maximum atomic E-state index is 4.62. The van der Waals surface area contributed by atoms with E-state index in [1.54, 1.807) is 0 Å². The molecule has 2 N–H and O–H groups in total. The van der Waals surface area contributed by atoms with E-state index in [-0.39, 0.29) is 0 Å². The fourth-order valence-corrected chi connectivity index (χ4v) is 2.97. The summed E-state index contributed by atoms with van der Waals surface area (Å²) >= 11 is 0. The monoisotopic (exact) mass is 310 g/mol. The molecule has 2 aromatic heterocycles. The average Bonchev–Trinajstić information content (AvgIpc) is 3.32. The zero-order chi connectivity index (χ0) is 15.9. The summed E-state index contributed by atoms with van der Waals surface area (Å²) in [4.78, 5) is 15.8. The van der Waals surface area contributed by atoms with Gasteiger partial charge in [-0.1, -0.05) is 0 Å². The van der Waals surface area contributed by atoms with Crippen LogP contribution in [-0.4, -0.2) is 21.9 Å². The van der Waals surface area contributed by atoms with Gasteiger partial charge in [0.25, 0.3) is 0 Å². The van der Waals surface area contributed by atoms with E-state index in [1.807, 2.05) is 36.7 Å². The van der Waals surface area contributed by atoms with E-state index in [9.17, 15) is 0 Å². The third kappa shape index (κ3) is 2.44. The van der Waals surface area contributed by atoms with Crippen LogP contribution < -0.4 is 10.7 Å². The first-order valence-electron chi connectivity index (χ1n) is 7.83. The van der Waals surface area contributed by atoms with Crippen molar-refractivity contribution in [3.05, 3.63) is 87.6 Å². The minimum atomic E-state index is 0.915. The van der Waals surface area contributed by atoms with Gasteiger partial charge in [0.15, 0.2) is 0 Å². The van der Waals surface area contributed by atoms with E-state index in [0.29, 0.717) is 0 Å². The van der Waals surface area contributed by atoms with Gasteiger partial charge in [0.1, 0.15) is 0 Å². The lowest BCUT2D eigenvalue weighted by atomic mass is 10.2. The quantitative estimate of drug-likeness (QED) is 0.750. The molecule has 0 spiro atoms. The number of fused-ring (bicyclic) bond motifs is 6. The number of nitrogens with one attached hydrogen (secondary N) is 2. The Bertz CT molecular complexity index is 1140. The summed E-state index contributed by atoms with van der Waals surface area (Å²) in [6.07, 6.45) is 18.2. The third-order valence-electron chi connectivity index (χ3n) is 4.06. The van der Waals surface area contributed by atoms with Crippen LogP contribution >= 0.6 is 0 Å². The standard InChI is InChI=1S/C20H14N4/c1-2-16-6-14-8-20(22-12-14)10-18-4-3-17(24-18)9-19-7-13(11-21-19)5-15(1)23-16/h1-12,21,23H. The van der Waals surface area contributed by atoms with Crippen LogP contribution in [0.5, 0.6) is 0 Å². The van der Waals surface area contributed by atoms with Crippen LogP contribution in [0.2, 0.25) is 0 Å². The van der Waals surface area contributed by atoms with Gasteiger partial charge in [-0.2, -0.15) is 0 Å². The van der Waals surface area contributed by atoms with E-state index in [1.165, 1.54) is 0 Å². The molecule has 4 nitrogen and oxygen atoms in total. The minimum Gasteiger partial charge on any atom is -0.361 e. The second-order valence-electron chi connectivity index (χ2n) is 5.96. The predicted octanol–water partition coefficient (Wildman–Crippen LogP) is 2.21. The highest BCUT2D eigenvalue weighted by Gasteiger charge is 2.07. The lowest BCUT2D eigenvalue weighted by Gasteiger charge is -1.91. The highest BCUT2D eigenvalue weighted by Crippen LogP contribution is 2.18. The summed E-state index contributed by atoms with van der Waals surface area (Å²) in [7, 11) is 0. The van der Waals surface area contributed by atoms with Gasteiger partial charge in [0.05, 0.1) is 17.1 Å². The molecule has 5 rings (SSSR count). The lowest BCUT2D eigenvalue weighted by Crippen LogP contribution is -2.09. The van der Waals surface area contributed by atoms with E-state index < -0.39 is 0 Å². The summed E-state index contributed by atoms with van der Waals surface area (Å²) in [5, 5.41) is 2.13. The molecular weight excluding hydrogens is 296 g/mol. The summed E-state index contributed by atoms with van der Waals surface area (Å²) in [6.45, 7) is 0. The molecule has 24 heavy (non-hydrogen) atoms. The first-order valence-corrected chi connectivity index (χ1v) is 7.83. The predicted molar refractivity (Wildman–Crippen MR) is 98.1 cm³/mol. The smallest absolute Gasteiger partial charge is 0.0659 e. The van der Waals surface area contributed by atoms with Gasteiger partial charge < -0.3 is 9.97 Å². The number of H-pyrrole nitrogens is 2. The molecule has 5 heterocycles. The lowest BCUT2D eigenvalue weighted by molar-refractivity contribution is 1.27. The van der Waals surface area contributed by atoms with E-state index in [0.717, 1.165) is 44.6 Å². The van der Waals surface area contributed by atoms with Gasteiger partial charge >= 0.3 is 0 Å². The molecule has 0 aromatic carbocycles. The third-order valence-corrected chi connectivity index (χ3v) is 4.06. The zero-order valence-corrected chi connectivity index (χ0v) is 12.8. The number of hydrogen-bond acceptors (Lipinski definition) is 2. The molecule has 0 fully saturated rings. The summed E-state index contributed by atoms with van der Waals surface area (Å²) in [6, 6.07) is 6.26. The molecule has 3 aliphatic heterocycles. The van der Waals surface area contributed by atoms with Crippen LogP contribution in [0.25, 0.3) is 18.2 Å². The molecule has 4 heteroatoms. The SMILES string of the molecule is C1=CC2=NC1=Cc1cc(c[nH]1)C=c1ccc([nH]1)=CC1=CC(=C2)N=C1. The van der Waals surface area contributed by atoms with Crippen molar-refractivity contribution in [1.82, 2.24) is 9.97 Å². The Morgan fingerprint density at radius 1 is 0.833 bits per heavy atom. The maximum Gasteiger partial charge on any atom is 0.0659 e. The van der Waals surface area contributed by atoms with Crippen LogP contribution in [0.15, 0.2) is 75.7 Å². The molecule has 0 radical (unpaired) electrons. The van der Waals surface area contributed by atoms with Crippen molar-refractivity contribution in [3.8, 4) is 0 Å². The molecule has 3 aliphatic rings. The molecule has 0 unspecified atom stereocenters. The molecule has 0 saturated heterocycles. The number of aliphatic imine (C=N–C) groups is 2. The number of allylic oxidation sites excluding steroid dienone is 5. The van der Waals surface area contributed by atoms with Crippen LogP contribution in [0, 0.1) is 0 Å². The number of nitrogens with zero attached hydrogens (tertiary/aromatic N) is 2. The first-order chi connectivity index (χ1) is 11.8. The van der Waals surface area contributed by atoms with Crippen molar-refractivity contribution in [2.24, 2.45) is 9.98 Å². The molecular formula is C20H14N4. The Balaban J connectivity index is 1.72. The van der Waals surface area contributed by atoms with E-state index >= 15 is 0 Å². The Hall–Kier alpha value is -3.40. The second kappa shape index (κ2) is 5.06.